The highest BCUT2D eigenvalue weighted by molar-refractivity contribution is 6.00. The summed E-state index contributed by atoms with van der Waals surface area (Å²) in [5.74, 6) is -0.698. The molecule has 0 unspecified atom stereocenters. The van der Waals surface area contributed by atoms with E-state index < -0.39 is 18.0 Å². The van der Waals surface area contributed by atoms with Crippen LogP contribution in [0.1, 0.15) is 86.6 Å². The van der Waals surface area contributed by atoms with E-state index in [9.17, 15) is 18.8 Å². The molecule has 0 aliphatic carbocycles. The second-order valence-electron chi connectivity index (χ2n) is 13.4. The summed E-state index contributed by atoms with van der Waals surface area (Å²) in [6.07, 6.45) is 3.44. The molecule has 3 aromatic rings. The number of nitrogens with two attached hydrogens (primary N) is 1. The van der Waals surface area contributed by atoms with E-state index in [1.807, 2.05) is 49.1 Å². The highest BCUT2D eigenvalue weighted by Crippen LogP contribution is 2.28. The second-order valence-corrected chi connectivity index (χ2v) is 13.4. The fourth-order valence-electron chi connectivity index (χ4n) is 6.16. The summed E-state index contributed by atoms with van der Waals surface area (Å²) >= 11 is 0. The quantitative estimate of drug-likeness (QED) is 0.183. The number of nitrogens with zero attached hydrogens (tertiary/aromatic N) is 1. The topological polar surface area (TPSA) is 114 Å². The summed E-state index contributed by atoms with van der Waals surface area (Å²) in [6, 6.07) is 19.4. The van der Waals surface area contributed by atoms with E-state index in [2.05, 4.69) is 24.5 Å². The molecule has 252 valence electrons. The minimum absolute atomic E-state index is 0.102. The normalized spacial score (nSPS) is 16.5. The molecular weight excluding hydrogens is 595 g/mol. The molecule has 1 aliphatic rings. The molecule has 47 heavy (non-hydrogen) atoms. The average Bonchev–Trinajstić information content (AvgIpc) is 3.48. The van der Waals surface area contributed by atoms with Gasteiger partial charge >= 0.3 is 0 Å². The van der Waals surface area contributed by atoms with Crippen molar-refractivity contribution in [3.8, 4) is 5.75 Å². The molecule has 0 radical (unpaired) electrons. The zero-order valence-electron chi connectivity index (χ0n) is 28.2. The van der Waals surface area contributed by atoms with Gasteiger partial charge in [-0.05, 0) is 99.9 Å². The number of carbonyl (C=O) groups is 3. The fourth-order valence-corrected chi connectivity index (χ4v) is 6.16. The monoisotopic (exact) mass is 644 g/mol. The zero-order chi connectivity index (χ0) is 34.1. The van der Waals surface area contributed by atoms with Crippen LogP contribution >= 0.6 is 0 Å². The highest BCUT2D eigenvalue weighted by Gasteiger charge is 2.31. The number of halogens is 1. The van der Waals surface area contributed by atoms with Gasteiger partial charge in [0.25, 0.3) is 11.8 Å². The van der Waals surface area contributed by atoms with Gasteiger partial charge < -0.3 is 26.0 Å². The lowest BCUT2D eigenvalue weighted by Gasteiger charge is -2.28. The van der Waals surface area contributed by atoms with Gasteiger partial charge in [0.05, 0.1) is 6.10 Å². The minimum atomic E-state index is -0.578. The molecule has 1 fully saturated rings. The van der Waals surface area contributed by atoms with E-state index in [4.69, 9.17) is 10.5 Å². The number of likely N-dealkylation sites (tertiary alicyclic amines) is 1. The van der Waals surface area contributed by atoms with Crippen LogP contribution in [0.5, 0.6) is 5.75 Å². The number of nitrogens with one attached hydrogen (secondary N) is 2. The Morgan fingerprint density at radius 1 is 0.957 bits per heavy atom. The van der Waals surface area contributed by atoms with Crippen LogP contribution in [0.2, 0.25) is 0 Å². The van der Waals surface area contributed by atoms with Crippen LogP contribution in [0.4, 0.5) is 10.1 Å². The summed E-state index contributed by atoms with van der Waals surface area (Å²) in [7, 11) is 0. The van der Waals surface area contributed by atoms with Crippen molar-refractivity contribution >= 4 is 23.4 Å². The van der Waals surface area contributed by atoms with E-state index >= 15 is 0 Å². The van der Waals surface area contributed by atoms with Gasteiger partial charge in [0.15, 0.2) is 0 Å². The van der Waals surface area contributed by atoms with E-state index in [0.29, 0.717) is 41.4 Å². The van der Waals surface area contributed by atoms with Gasteiger partial charge in [0.1, 0.15) is 11.6 Å². The number of hydrogen-bond acceptors (Lipinski definition) is 5. The number of rotatable bonds is 14. The van der Waals surface area contributed by atoms with Crippen LogP contribution in [-0.2, 0) is 11.2 Å². The van der Waals surface area contributed by atoms with E-state index in [1.165, 1.54) is 24.3 Å². The lowest BCUT2D eigenvalue weighted by molar-refractivity contribution is -0.119. The van der Waals surface area contributed by atoms with Gasteiger partial charge in [-0.3, -0.25) is 14.4 Å². The molecule has 4 rings (SSSR count). The number of ether oxygens (including phenoxy) is 1. The Hall–Kier alpha value is -4.24. The van der Waals surface area contributed by atoms with Crippen LogP contribution < -0.4 is 21.1 Å². The van der Waals surface area contributed by atoms with Crippen molar-refractivity contribution in [2.24, 2.45) is 17.6 Å². The van der Waals surface area contributed by atoms with Crippen LogP contribution in [0.3, 0.4) is 0 Å². The minimum Gasteiger partial charge on any atom is -0.491 e. The van der Waals surface area contributed by atoms with E-state index in [1.54, 1.807) is 25.1 Å². The molecule has 0 saturated carbocycles. The first-order chi connectivity index (χ1) is 22.4. The van der Waals surface area contributed by atoms with Crippen molar-refractivity contribution in [1.82, 2.24) is 10.2 Å². The molecule has 8 nitrogen and oxygen atoms in total. The first-order valence-corrected chi connectivity index (χ1v) is 16.7. The molecule has 0 aromatic heterocycles. The number of benzene rings is 3. The Bertz CT molecular complexity index is 1500. The summed E-state index contributed by atoms with van der Waals surface area (Å²) in [4.78, 5) is 42.7. The highest BCUT2D eigenvalue weighted by atomic mass is 19.1. The smallest absolute Gasteiger partial charge is 0.254 e. The molecule has 0 bridgehead atoms. The summed E-state index contributed by atoms with van der Waals surface area (Å²) in [6.45, 7) is 10.6. The molecule has 1 saturated heterocycles. The second kappa shape index (κ2) is 16.5. The molecule has 3 amide bonds. The van der Waals surface area contributed by atoms with E-state index in [0.717, 1.165) is 24.8 Å². The van der Waals surface area contributed by atoms with Gasteiger partial charge in [0.2, 0.25) is 5.91 Å². The predicted molar refractivity (Wildman–Crippen MR) is 184 cm³/mol. The largest absolute Gasteiger partial charge is 0.491 e. The maximum atomic E-state index is 13.9. The van der Waals surface area contributed by atoms with Gasteiger partial charge in [0, 0.05) is 47.4 Å². The number of hydrogen-bond donors (Lipinski definition) is 3. The lowest BCUT2D eigenvalue weighted by atomic mass is 9.91. The lowest BCUT2D eigenvalue weighted by Crippen LogP contribution is -2.50. The third-order valence-corrected chi connectivity index (χ3v) is 8.49. The van der Waals surface area contributed by atoms with E-state index in [-0.39, 0.29) is 42.1 Å². The van der Waals surface area contributed by atoms with Crippen molar-refractivity contribution < 1.29 is 23.5 Å². The SMILES string of the molecule is CC(C)C[C@H]1CCCN1C(=O)c1cc(OC(C)C)cc(C(=O)N[C@@H](Cc2ccccc2)[C@@H](N)C[C@@H](C)C(=O)Nc2ccc(F)cc2)c1. The van der Waals surface area contributed by atoms with Gasteiger partial charge in [-0.15, -0.1) is 0 Å². The van der Waals surface area contributed by atoms with Crippen LogP contribution in [0, 0.1) is 17.7 Å². The van der Waals surface area contributed by atoms with Crippen molar-refractivity contribution in [3.05, 3.63) is 95.3 Å². The maximum Gasteiger partial charge on any atom is 0.254 e. The third-order valence-electron chi connectivity index (χ3n) is 8.49. The molecule has 4 N–H and O–H groups in total. The first kappa shape index (κ1) is 35.6. The van der Waals surface area contributed by atoms with Crippen LogP contribution in [0.15, 0.2) is 72.8 Å². The van der Waals surface area contributed by atoms with Gasteiger partial charge in [-0.25, -0.2) is 4.39 Å². The zero-order valence-corrected chi connectivity index (χ0v) is 28.2. The molecule has 0 spiro atoms. The molecule has 3 aromatic carbocycles. The maximum absolute atomic E-state index is 13.9. The predicted octanol–water partition coefficient (Wildman–Crippen LogP) is 6.60. The average molecular weight is 645 g/mol. The first-order valence-electron chi connectivity index (χ1n) is 16.7. The summed E-state index contributed by atoms with van der Waals surface area (Å²) in [5, 5.41) is 5.92. The Balaban J connectivity index is 1.55. The Morgan fingerprint density at radius 3 is 2.30 bits per heavy atom. The molecule has 1 heterocycles. The number of amides is 3. The standard InChI is InChI=1S/C38H49FN4O4/c1-24(2)18-32-12-9-17-43(32)38(46)29-21-28(22-33(23-29)47-25(3)4)37(45)42-35(20-27-10-7-6-8-11-27)34(40)19-26(5)36(44)41-31-15-13-30(39)14-16-31/h6-8,10-11,13-16,21-26,32,34-35H,9,12,17-20,40H2,1-5H3,(H,41,44)(H,42,45)/t26-,32-,34+,35+/m1/s1. The number of anilines is 1. The van der Waals surface area contributed by atoms with Crippen molar-refractivity contribution in [2.45, 2.75) is 91.0 Å². The van der Waals surface area contributed by atoms with Crippen molar-refractivity contribution in [3.63, 3.8) is 0 Å². The summed E-state index contributed by atoms with van der Waals surface area (Å²) < 4.78 is 19.3. The molecular formula is C38H49FN4O4. The van der Waals surface area contributed by atoms with Gasteiger partial charge in [-0.1, -0.05) is 51.1 Å². The van der Waals surface area contributed by atoms with Crippen LogP contribution in [-0.4, -0.2) is 53.4 Å². The summed E-state index contributed by atoms with van der Waals surface area (Å²) in [5.41, 5.74) is 8.92. The van der Waals surface area contributed by atoms with Gasteiger partial charge in [-0.2, -0.15) is 0 Å². The Labute approximate surface area is 278 Å². The van der Waals surface area contributed by atoms with Crippen molar-refractivity contribution in [2.75, 3.05) is 11.9 Å². The molecule has 1 aliphatic heterocycles. The third kappa shape index (κ3) is 10.4. The Morgan fingerprint density at radius 2 is 1.64 bits per heavy atom. The number of carbonyl (C=O) groups excluding carboxylic acids is 3. The Kier molecular flexibility index (Phi) is 12.5. The fraction of sp³-hybridized carbons (Fsp3) is 0.447. The molecule has 4 atom stereocenters. The van der Waals surface area contributed by atoms with Crippen molar-refractivity contribution in [1.29, 1.82) is 0 Å². The van der Waals surface area contributed by atoms with Crippen LogP contribution in [0.25, 0.3) is 0 Å². The molecule has 9 heteroatoms.